The third kappa shape index (κ3) is 17.8. The Kier molecular flexibility index (Phi) is 18.7. The first-order valence-electron chi connectivity index (χ1n) is 16.4. The van der Waals surface area contributed by atoms with Crippen LogP contribution in [-0.4, -0.2) is 113 Å². The van der Waals surface area contributed by atoms with E-state index in [1.165, 1.54) is 12.3 Å². The van der Waals surface area contributed by atoms with Gasteiger partial charge in [0, 0.05) is 29.8 Å². The zero-order chi connectivity index (χ0) is 42.1. The topological polar surface area (TPSA) is 377 Å². The molecule has 2 amide bonds. The molecule has 0 saturated carbocycles. The fourth-order valence-electron chi connectivity index (χ4n) is 4.49. The van der Waals surface area contributed by atoms with E-state index < -0.39 is 60.2 Å². The van der Waals surface area contributed by atoms with E-state index in [4.69, 9.17) is 40.0 Å². The van der Waals surface area contributed by atoms with Crippen molar-refractivity contribution in [2.45, 2.75) is 31.4 Å². The number of hydrogen-bond acceptors (Lipinski definition) is 17. The van der Waals surface area contributed by atoms with E-state index >= 15 is 0 Å². The van der Waals surface area contributed by atoms with E-state index in [1.54, 1.807) is 25.2 Å². The highest BCUT2D eigenvalue weighted by atomic mass is 31.3. The van der Waals surface area contributed by atoms with Gasteiger partial charge in [-0.25, -0.2) is 18.5 Å². The van der Waals surface area contributed by atoms with Crippen LogP contribution in [-0.2, 0) is 45.8 Å². The molecular formula is C28H40N9O17P3. The number of nitrogens with zero attached hydrogens (tertiary/aromatic N) is 5. The summed E-state index contributed by atoms with van der Waals surface area (Å²) in [5.74, 6) is 4.63. The van der Waals surface area contributed by atoms with Gasteiger partial charge >= 0.3 is 29.2 Å². The molecule has 9 N–H and O–H groups in total. The molecule has 0 aliphatic carbocycles. The molecule has 1 aromatic carbocycles. The fraction of sp³-hybridized carbons (Fsp3) is 0.500. The number of likely N-dealkylation sites (N-methyl/N-ethyl adjacent to an activating group) is 1. The minimum Gasteiger partial charge on any atom is -0.491 e. The van der Waals surface area contributed by atoms with E-state index in [0.29, 0.717) is 24.4 Å². The highest BCUT2D eigenvalue weighted by Gasteiger charge is 2.41. The number of carbonyl (C=O) groups is 2. The zero-order valence-corrected chi connectivity index (χ0v) is 32.6. The molecular weight excluding hydrogens is 827 g/mol. The second kappa shape index (κ2) is 22.6. The van der Waals surface area contributed by atoms with Crippen LogP contribution in [0.25, 0.3) is 10.4 Å². The standard InChI is InChI=1S/C28H40N9O17P3/c1-31-10-11-33-27(39)19-4-2-6-21(14-19)50-18-24(35-36-30)49-13-12-48-17-23(38)32-9-3-5-20-15-37(28(40)34-26(20)29)25-8-7-22(52-25)16-51-56(44,45)54-57(46,47)53-55(41,42)43/h2,4,6,14-15,22,24-25,31H,7-13,16-18H2,1H3,(H,32,38)(H,33,39)(H,44,45)(H,46,47)(H2,29,34,40)(H2,41,42,43)/t22-,24?,25+/m0/s1. The van der Waals surface area contributed by atoms with Crippen molar-refractivity contribution in [3.63, 3.8) is 0 Å². The number of amides is 2. The molecule has 1 aromatic heterocycles. The minimum absolute atomic E-state index is 0.0506. The van der Waals surface area contributed by atoms with Gasteiger partial charge in [-0.15, -0.1) is 0 Å². The molecule has 5 atom stereocenters. The number of phosphoric ester groups is 1. The predicted octanol–water partition coefficient (Wildman–Crippen LogP) is 0.0119. The summed E-state index contributed by atoms with van der Waals surface area (Å²) in [6, 6.07) is 6.41. The second-order valence-corrected chi connectivity index (χ2v) is 15.7. The number of nitrogen functional groups attached to an aromatic ring is 1. The maximum absolute atomic E-state index is 12.5. The first kappa shape index (κ1) is 47.1. The van der Waals surface area contributed by atoms with Crippen LogP contribution >= 0.6 is 23.5 Å². The van der Waals surface area contributed by atoms with Crippen LogP contribution < -0.4 is 32.1 Å². The average Bonchev–Trinajstić information content (AvgIpc) is 3.59. The molecule has 0 bridgehead atoms. The van der Waals surface area contributed by atoms with E-state index in [-0.39, 0.29) is 63.1 Å². The summed E-state index contributed by atoms with van der Waals surface area (Å²) in [7, 11) is -14.9. The van der Waals surface area contributed by atoms with Gasteiger partial charge in [0.25, 0.3) is 5.91 Å². The molecule has 1 aliphatic rings. The predicted molar refractivity (Wildman–Crippen MR) is 194 cm³/mol. The lowest BCUT2D eigenvalue weighted by molar-refractivity contribution is -0.126. The zero-order valence-electron chi connectivity index (χ0n) is 29.9. The highest BCUT2D eigenvalue weighted by Crippen LogP contribution is 2.66. The molecule has 3 unspecified atom stereocenters. The monoisotopic (exact) mass is 867 g/mol. The Bertz CT molecular complexity index is 2020. The fourth-order valence-corrected chi connectivity index (χ4v) is 7.54. The van der Waals surface area contributed by atoms with Crippen molar-refractivity contribution in [1.29, 1.82) is 0 Å². The van der Waals surface area contributed by atoms with Gasteiger partial charge in [-0.1, -0.05) is 23.0 Å². The van der Waals surface area contributed by atoms with Crippen LogP contribution in [0, 0.1) is 11.8 Å². The van der Waals surface area contributed by atoms with Gasteiger partial charge in [-0.05, 0) is 43.6 Å². The van der Waals surface area contributed by atoms with Crippen molar-refractivity contribution < 1.29 is 75.0 Å². The number of nitrogens with two attached hydrogens (primary N) is 1. The van der Waals surface area contributed by atoms with Crippen molar-refractivity contribution in [2.75, 3.05) is 65.5 Å². The van der Waals surface area contributed by atoms with Crippen molar-refractivity contribution in [3.8, 4) is 17.6 Å². The Hall–Kier alpha value is -4.24. The van der Waals surface area contributed by atoms with E-state index in [2.05, 4.69) is 55.9 Å². The number of nitrogens with one attached hydrogen (secondary N) is 3. The maximum Gasteiger partial charge on any atom is 0.490 e. The molecule has 1 fully saturated rings. The largest absolute Gasteiger partial charge is 0.491 e. The molecule has 26 nitrogen and oxygen atoms in total. The number of benzene rings is 1. The lowest BCUT2D eigenvalue weighted by atomic mass is 10.2. The number of phosphoric acid groups is 3. The van der Waals surface area contributed by atoms with Crippen LogP contribution in [0.5, 0.6) is 5.75 Å². The van der Waals surface area contributed by atoms with Gasteiger partial charge in [-0.2, -0.15) is 13.6 Å². The van der Waals surface area contributed by atoms with Crippen molar-refractivity contribution in [1.82, 2.24) is 25.5 Å². The SMILES string of the molecule is CNCCNC(=O)c1cccc(OCC(N=[N+]=[N-])OCCOCC(=O)NCC#Cc2cn([C@H]3CC[C@@H](COP(=O)(O)OP(=O)(O)OP(=O)(O)O)O3)c(=O)nc2N)c1. The number of aromatic nitrogens is 2. The Balaban J connectivity index is 1.40. The summed E-state index contributed by atoms with van der Waals surface area (Å²) >= 11 is 0. The summed E-state index contributed by atoms with van der Waals surface area (Å²) in [6.45, 7) is -0.464. The van der Waals surface area contributed by atoms with Gasteiger partial charge in [0.15, 0.2) is 6.23 Å². The van der Waals surface area contributed by atoms with Crippen molar-refractivity contribution in [2.24, 2.45) is 5.11 Å². The van der Waals surface area contributed by atoms with Crippen LogP contribution in [0.3, 0.4) is 0 Å². The normalized spacial score (nSPS) is 17.8. The highest BCUT2D eigenvalue weighted by molar-refractivity contribution is 7.66. The number of azide groups is 1. The Labute approximate surface area is 323 Å². The Morgan fingerprint density at radius 3 is 2.63 bits per heavy atom. The number of carbonyl (C=O) groups excluding carboxylic acids is 2. The average molecular weight is 868 g/mol. The first-order chi connectivity index (χ1) is 26.9. The van der Waals surface area contributed by atoms with Gasteiger partial charge in [0.2, 0.25) is 5.91 Å². The first-order valence-corrected chi connectivity index (χ1v) is 20.9. The molecule has 1 aliphatic heterocycles. The molecule has 314 valence electrons. The van der Waals surface area contributed by atoms with Gasteiger partial charge in [0.1, 0.15) is 31.0 Å². The molecule has 0 spiro atoms. The molecule has 3 rings (SSSR count). The minimum atomic E-state index is -5.70. The molecule has 0 radical (unpaired) electrons. The number of anilines is 1. The third-order valence-corrected chi connectivity index (χ3v) is 10.7. The van der Waals surface area contributed by atoms with Crippen molar-refractivity contribution >= 4 is 41.1 Å². The van der Waals surface area contributed by atoms with E-state index in [1.807, 2.05) is 0 Å². The smallest absolute Gasteiger partial charge is 0.490 e. The number of rotatable bonds is 23. The lowest BCUT2D eigenvalue weighted by Gasteiger charge is -2.19. The molecule has 2 heterocycles. The summed E-state index contributed by atoms with van der Waals surface area (Å²) in [4.78, 5) is 79.6. The maximum atomic E-state index is 12.5. The second-order valence-electron chi connectivity index (χ2n) is 11.3. The van der Waals surface area contributed by atoms with Crippen LogP contribution in [0.1, 0.15) is 35.0 Å². The number of hydrogen-bond donors (Lipinski definition) is 8. The van der Waals surface area contributed by atoms with Gasteiger partial charge in [0.05, 0.1) is 38.0 Å². The summed E-state index contributed by atoms with van der Waals surface area (Å²) < 4.78 is 69.2. The molecule has 2 aromatic rings. The van der Waals surface area contributed by atoms with E-state index in [9.17, 15) is 37.9 Å². The summed E-state index contributed by atoms with van der Waals surface area (Å²) in [6.07, 6.45) is -1.40. The molecule has 29 heteroatoms. The Morgan fingerprint density at radius 1 is 1.14 bits per heavy atom. The quantitative estimate of drug-likeness (QED) is 0.0182. The third-order valence-electron chi connectivity index (χ3n) is 6.91. The van der Waals surface area contributed by atoms with Crippen LogP contribution in [0.4, 0.5) is 5.82 Å². The lowest BCUT2D eigenvalue weighted by Crippen LogP contribution is -2.30. The van der Waals surface area contributed by atoms with Gasteiger partial charge in [-0.3, -0.25) is 18.7 Å². The van der Waals surface area contributed by atoms with E-state index in [0.717, 1.165) is 4.57 Å². The van der Waals surface area contributed by atoms with Crippen LogP contribution in [0.2, 0.25) is 0 Å². The molecule has 57 heavy (non-hydrogen) atoms. The number of ether oxygens (including phenoxy) is 4. The van der Waals surface area contributed by atoms with Gasteiger partial charge < -0.3 is 60.2 Å². The molecule has 1 saturated heterocycles. The van der Waals surface area contributed by atoms with Crippen molar-refractivity contribution in [3.05, 3.63) is 62.5 Å². The van der Waals surface area contributed by atoms with Crippen LogP contribution in [0.15, 0.2) is 40.4 Å². The summed E-state index contributed by atoms with van der Waals surface area (Å²) in [5.41, 5.74) is 14.4. The Morgan fingerprint density at radius 2 is 1.91 bits per heavy atom. The summed E-state index contributed by atoms with van der Waals surface area (Å²) in [5, 5.41) is 11.7.